The zero-order valence-corrected chi connectivity index (χ0v) is 14.3. The first kappa shape index (κ1) is 17.0. The van der Waals surface area contributed by atoms with Crippen LogP contribution in [0.25, 0.3) is 11.1 Å². The van der Waals surface area contributed by atoms with Crippen molar-refractivity contribution in [3.8, 4) is 11.1 Å². The Balaban J connectivity index is 1.43. The Morgan fingerprint density at radius 2 is 2.00 bits per heavy atom. The van der Waals surface area contributed by atoms with Crippen molar-refractivity contribution in [2.45, 2.75) is 12.8 Å². The number of nitrogens with one attached hydrogen (secondary N) is 2. The molecule has 0 saturated carbocycles. The minimum Gasteiger partial charge on any atom is -0.459 e. The molecule has 5 nitrogen and oxygen atoms in total. The molecule has 0 aliphatic carbocycles. The lowest BCUT2D eigenvalue weighted by molar-refractivity contribution is -0.116. The third-order valence-corrected chi connectivity index (χ3v) is 4.30. The van der Waals surface area contributed by atoms with E-state index in [1.807, 2.05) is 35.7 Å². The van der Waals surface area contributed by atoms with E-state index in [0.29, 0.717) is 19.4 Å². The first-order valence-electron chi connectivity index (χ1n) is 7.96. The van der Waals surface area contributed by atoms with Gasteiger partial charge in [-0.25, -0.2) is 0 Å². The van der Waals surface area contributed by atoms with E-state index in [1.165, 1.54) is 6.26 Å². The maximum Gasteiger partial charge on any atom is 0.286 e. The summed E-state index contributed by atoms with van der Waals surface area (Å²) in [6.45, 7) is 0.419. The lowest BCUT2D eigenvalue weighted by Crippen LogP contribution is -2.25. The van der Waals surface area contributed by atoms with Gasteiger partial charge in [-0.1, -0.05) is 12.1 Å². The number of furan rings is 1. The molecule has 2 heterocycles. The molecule has 0 aliphatic rings. The fraction of sp³-hybridized carbons (Fsp3) is 0.158. The van der Waals surface area contributed by atoms with Crippen LogP contribution in [0.1, 0.15) is 23.4 Å². The molecule has 2 N–H and O–H groups in total. The third kappa shape index (κ3) is 4.81. The van der Waals surface area contributed by atoms with Crippen molar-refractivity contribution in [2.24, 2.45) is 0 Å². The number of amides is 2. The van der Waals surface area contributed by atoms with E-state index in [0.717, 1.165) is 16.8 Å². The first-order chi connectivity index (χ1) is 12.2. The molecule has 3 aromatic rings. The summed E-state index contributed by atoms with van der Waals surface area (Å²) < 4.78 is 5.00. The van der Waals surface area contributed by atoms with Gasteiger partial charge in [0.2, 0.25) is 5.91 Å². The van der Waals surface area contributed by atoms with Crippen LogP contribution < -0.4 is 10.6 Å². The van der Waals surface area contributed by atoms with Crippen LogP contribution in [0.2, 0.25) is 0 Å². The van der Waals surface area contributed by atoms with Gasteiger partial charge in [0.25, 0.3) is 5.91 Å². The fourth-order valence-electron chi connectivity index (χ4n) is 2.37. The highest BCUT2D eigenvalue weighted by molar-refractivity contribution is 7.08. The summed E-state index contributed by atoms with van der Waals surface area (Å²) in [5.74, 6) is -0.0710. The van der Waals surface area contributed by atoms with E-state index in [-0.39, 0.29) is 17.6 Å². The summed E-state index contributed by atoms with van der Waals surface area (Å²) >= 11 is 1.64. The largest absolute Gasteiger partial charge is 0.459 e. The van der Waals surface area contributed by atoms with E-state index >= 15 is 0 Å². The second-order valence-electron chi connectivity index (χ2n) is 5.48. The Bertz CT molecular complexity index is 826. The highest BCUT2D eigenvalue weighted by atomic mass is 32.1. The predicted octanol–water partition coefficient (Wildman–Crippen LogP) is 4.16. The molecule has 0 aliphatic heterocycles. The number of anilines is 1. The molecule has 0 unspecified atom stereocenters. The molecule has 0 bridgehead atoms. The van der Waals surface area contributed by atoms with Crippen LogP contribution in [-0.2, 0) is 4.79 Å². The molecule has 25 heavy (non-hydrogen) atoms. The van der Waals surface area contributed by atoms with Crippen LogP contribution in [0, 0.1) is 0 Å². The van der Waals surface area contributed by atoms with Gasteiger partial charge < -0.3 is 15.1 Å². The highest BCUT2D eigenvalue weighted by Crippen LogP contribution is 2.24. The van der Waals surface area contributed by atoms with Gasteiger partial charge >= 0.3 is 0 Å². The SMILES string of the molecule is O=C(CCCNC(=O)c1ccco1)Nc1cccc(-c2ccsc2)c1. The van der Waals surface area contributed by atoms with Crippen LogP contribution in [0.3, 0.4) is 0 Å². The number of hydrogen-bond donors (Lipinski definition) is 2. The smallest absolute Gasteiger partial charge is 0.286 e. The quantitative estimate of drug-likeness (QED) is 0.626. The minimum absolute atomic E-state index is 0.0743. The zero-order chi connectivity index (χ0) is 17.5. The van der Waals surface area contributed by atoms with Crippen LogP contribution in [0.4, 0.5) is 5.69 Å². The molecule has 0 spiro atoms. The van der Waals surface area contributed by atoms with Crippen molar-refractivity contribution in [3.63, 3.8) is 0 Å². The Hall–Kier alpha value is -2.86. The number of hydrogen-bond acceptors (Lipinski definition) is 4. The standard InChI is InChI=1S/C19H18N2O3S/c22-18(7-2-9-20-19(23)17-6-3-10-24-17)21-16-5-1-4-14(12-16)15-8-11-25-13-15/h1,3-6,8,10-13H,2,7,9H2,(H,20,23)(H,21,22). The topological polar surface area (TPSA) is 71.3 Å². The molecule has 3 rings (SSSR count). The number of thiophene rings is 1. The maximum absolute atomic E-state index is 12.0. The number of carbonyl (C=O) groups excluding carboxylic acids is 2. The molecule has 128 valence electrons. The van der Waals surface area contributed by atoms with E-state index in [9.17, 15) is 9.59 Å². The Labute approximate surface area is 149 Å². The normalized spacial score (nSPS) is 10.4. The average molecular weight is 354 g/mol. The lowest BCUT2D eigenvalue weighted by atomic mass is 10.1. The summed E-state index contributed by atoms with van der Waals surface area (Å²) in [5.41, 5.74) is 2.99. The van der Waals surface area contributed by atoms with Crippen molar-refractivity contribution in [1.82, 2.24) is 5.32 Å². The van der Waals surface area contributed by atoms with Crippen molar-refractivity contribution in [1.29, 1.82) is 0 Å². The second kappa shape index (κ2) is 8.30. The minimum atomic E-state index is -0.270. The predicted molar refractivity (Wildman–Crippen MR) is 98.7 cm³/mol. The van der Waals surface area contributed by atoms with Crippen molar-refractivity contribution in [3.05, 3.63) is 65.2 Å². The molecule has 1 aromatic carbocycles. The first-order valence-corrected chi connectivity index (χ1v) is 8.91. The molecular weight excluding hydrogens is 336 g/mol. The molecule has 6 heteroatoms. The van der Waals surface area contributed by atoms with Gasteiger partial charge in [0.15, 0.2) is 5.76 Å². The van der Waals surface area contributed by atoms with Crippen molar-refractivity contribution in [2.75, 3.05) is 11.9 Å². The molecule has 2 amide bonds. The van der Waals surface area contributed by atoms with Gasteiger partial charge in [0.05, 0.1) is 6.26 Å². The van der Waals surface area contributed by atoms with Crippen molar-refractivity contribution < 1.29 is 14.0 Å². The molecule has 0 radical (unpaired) electrons. The number of rotatable bonds is 7. The summed E-state index contributed by atoms with van der Waals surface area (Å²) in [6, 6.07) is 13.1. The molecule has 0 atom stereocenters. The second-order valence-corrected chi connectivity index (χ2v) is 6.26. The number of benzene rings is 1. The van der Waals surface area contributed by atoms with Gasteiger partial charge in [-0.2, -0.15) is 11.3 Å². The monoisotopic (exact) mass is 354 g/mol. The molecule has 0 fully saturated rings. The Kier molecular flexibility index (Phi) is 5.64. The van der Waals surface area contributed by atoms with Crippen LogP contribution in [0.5, 0.6) is 0 Å². The van der Waals surface area contributed by atoms with Gasteiger partial charge in [-0.3, -0.25) is 9.59 Å². The lowest BCUT2D eigenvalue weighted by Gasteiger charge is -2.07. The third-order valence-electron chi connectivity index (χ3n) is 3.61. The summed E-state index contributed by atoms with van der Waals surface area (Å²) in [4.78, 5) is 23.7. The van der Waals surface area contributed by atoms with Gasteiger partial charge in [-0.05, 0) is 58.6 Å². The van der Waals surface area contributed by atoms with Crippen LogP contribution in [-0.4, -0.2) is 18.4 Å². The summed E-state index contributed by atoms with van der Waals surface area (Å²) in [5, 5.41) is 9.71. The van der Waals surface area contributed by atoms with E-state index in [4.69, 9.17) is 4.42 Å². The Morgan fingerprint density at radius 1 is 1.08 bits per heavy atom. The average Bonchev–Trinajstić information content (AvgIpc) is 3.32. The number of carbonyl (C=O) groups is 2. The van der Waals surface area contributed by atoms with Crippen LogP contribution >= 0.6 is 11.3 Å². The Morgan fingerprint density at radius 3 is 2.76 bits per heavy atom. The summed E-state index contributed by atoms with van der Waals surface area (Å²) in [7, 11) is 0. The zero-order valence-electron chi connectivity index (χ0n) is 13.5. The van der Waals surface area contributed by atoms with E-state index in [1.54, 1.807) is 23.5 Å². The van der Waals surface area contributed by atoms with Crippen molar-refractivity contribution >= 4 is 28.8 Å². The van der Waals surface area contributed by atoms with Gasteiger partial charge in [-0.15, -0.1) is 0 Å². The van der Waals surface area contributed by atoms with E-state index < -0.39 is 0 Å². The fourth-order valence-corrected chi connectivity index (χ4v) is 3.04. The molecule has 0 saturated heterocycles. The molecular formula is C19H18N2O3S. The van der Waals surface area contributed by atoms with E-state index in [2.05, 4.69) is 16.0 Å². The molecule has 2 aromatic heterocycles. The van der Waals surface area contributed by atoms with Crippen LogP contribution in [0.15, 0.2) is 63.9 Å². The summed E-state index contributed by atoms with van der Waals surface area (Å²) in [6.07, 6.45) is 2.34. The highest BCUT2D eigenvalue weighted by Gasteiger charge is 2.08. The van der Waals surface area contributed by atoms with Gasteiger partial charge in [0.1, 0.15) is 0 Å². The maximum atomic E-state index is 12.0. The van der Waals surface area contributed by atoms with Gasteiger partial charge in [0, 0.05) is 18.7 Å².